The summed E-state index contributed by atoms with van der Waals surface area (Å²) in [7, 11) is 0. The molecule has 0 saturated carbocycles. The molecule has 0 aliphatic heterocycles. The Labute approximate surface area is 179 Å². The van der Waals surface area contributed by atoms with Crippen LogP contribution in [0.2, 0.25) is 0 Å². The molecule has 0 unspecified atom stereocenters. The molecule has 30 heavy (non-hydrogen) atoms. The second kappa shape index (κ2) is 9.21. The van der Waals surface area contributed by atoms with E-state index in [1.165, 1.54) is 22.2 Å². The van der Waals surface area contributed by atoms with Crippen LogP contribution in [0.25, 0.3) is 10.2 Å². The Morgan fingerprint density at radius 1 is 1.20 bits per heavy atom. The predicted octanol–water partition coefficient (Wildman–Crippen LogP) is 3.13. The Balaban J connectivity index is 1.88. The number of likely N-dealkylation sites (N-methyl/N-ethyl adjacent to an activating group) is 1. The predicted molar refractivity (Wildman–Crippen MR) is 119 cm³/mol. The molecule has 0 radical (unpaired) electrons. The average molecular weight is 427 g/mol. The topological polar surface area (TPSA) is 84.3 Å². The smallest absolute Gasteiger partial charge is 0.262 e. The molecule has 2 aromatic heterocycles. The summed E-state index contributed by atoms with van der Waals surface area (Å²) in [5.41, 5.74) is 1.29. The van der Waals surface area contributed by atoms with Gasteiger partial charge in [-0.2, -0.15) is 0 Å². The summed E-state index contributed by atoms with van der Waals surface area (Å²) in [5, 5.41) is 3.38. The summed E-state index contributed by atoms with van der Waals surface area (Å²) in [6.45, 7) is 8.57. The van der Waals surface area contributed by atoms with Crippen LogP contribution in [0.1, 0.15) is 47.6 Å². The molecular weight excluding hydrogens is 400 g/mol. The first-order chi connectivity index (χ1) is 14.4. The first-order valence-electron chi connectivity index (χ1n) is 9.99. The van der Waals surface area contributed by atoms with Crippen molar-refractivity contribution in [3.8, 4) is 0 Å². The van der Waals surface area contributed by atoms with E-state index < -0.39 is 0 Å². The van der Waals surface area contributed by atoms with Gasteiger partial charge in [0.2, 0.25) is 5.91 Å². The first kappa shape index (κ1) is 21.7. The Morgan fingerprint density at radius 2 is 1.87 bits per heavy atom. The number of fused-ring (bicyclic) bond motifs is 1. The summed E-state index contributed by atoms with van der Waals surface area (Å²) >= 11 is 1.19. The molecule has 158 valence electrons. The molecular formula is C22H26N4O3S. The lowest BCUT2D eigenvalue weighted by Gasteiger charge is -2.18. The van der Waals surface area contributed by atoms with Crippen molar-refractivity contribution in [1.29, 1.82) is 0 Å². The van der Waals surface area contributed by atoms with Crippen LogP contribution >= 0.6 is 11.3 Å². The number of rotatable bonds is 7. The minimum Gasteiger partial charge on any atom is -0.345 e. The van der Waals surface area contributed by atoms with Crippen LogP contribution in [0.4, 0.5) is 0 Å². The molecule has 7 nitrogen and oxygen atoms in total. The van der Waals surface area contributed by atoms with Gasteiger partial charge >= 0.3 is 0 Å². The number of nitrogens with one attached hydrogen (secondary N) is 1. The number of carbonyl (C=O) groups is 2. The van der Waals surface area contributed by atoms with Crippen LogP contribution in [-0.4, -0.2) is 39.4 Å². The zero-order chi connectivity index (χ0) is 21.8. The number of aryl methyl sites for hydroxylation is 1. The van der Waals surface area contributed by atoms with Gasteiger partial charge < -0.3 is 10.2 Å². The molecule has 0 aliphatic rings. The molecule has 3 rings (SSSR count). The van der Waals surface area contributed by atoms with Gasteiger partial charge in [0.05, 0.1) is 22.6 Å². The van der Waals surface area contributed by atoms with E-state index in [2.05, 4.69) is 10.3 Å². The van der Waals surface area contributed by atoms with E-state index in [1.807, 2.05) is 51.1 Å². The van der Waals surface area contributed by atoms with Crippen molar-refractivity contribution in [2.24, 2.45) is 0 Å². The van der Waals surface area contributed by atoms with Crippen molar-refractivity contribution in [3.05, 3.63) is 63.0 Å². The third-order valence-corrected chi connectivity index (χ3v) is 6.39. The normalized spacial score (nSPS) is 12.0. The monoisotopic (exact) mass is 426 g/mol. The van der Waals surface area contributed by atoms with E-state index >= 15 is 0 Å². The molecule has 1 aromatic carbocycles. The molecule has 8 heteroatoms. The van der Waals surface area contributed by atoms with E-state index in [-0.39, 0.29) is 30.0 Å². The second-order valence-corrected chi connectivity index (χ2v) is 8.08. The summed E-state index contributed by atoms with van der Waals surface area (Å²) in [6, 6.07) is 9.52. The zero-order valence-electron chi connectivity index (χ0n) is 17.6. The maximum atomic E-state index is 13.0. The zero-order valence-corrected chi connectivity index (χ0v) is 18.5. The van der Waals surface area contributed by atoms with Crippen LogP contribution in [0, 0.1) is 6.92 Å². The lowest BCUT2D eigenvalue weighted by Crippen LogP contribution is -2.36. The molecule has 1 N–H and O–H groups in total. The first-order valence-corrected chi connectivity index (χ1v) is 10.8. The molecule has 0 aliphatic carbocycles. The Bertz CT molecular complexity index is 1120. The standard InChI is InChI=1S/C22H26N4O3S/c1-5-25(6-2)17(27)12-26-13-23-21-18(22(26)29)14(3)19(30-21)20(28)24-15(4)16-10-8-7-9-11-16/h7-11,13,15H,5-6,12H2,1-4H3,(H,24,28)/t15-/m0/s1. The highest BCUT2D eigenvalue weighted by Gasteiger charge is 2.22. The number of nitrogens with zero attached hydrogens (tertiary/aromatic N) is 3. The van der Waals surface area contributed by atoms with E-state index in [0.29, 0.717) is 33.7 Å². The fourth-order valence-corrected chi connectivity index (χ4v) is 4.44. The van der Waals surface area contributed by atoms with Crippen LogP contribution in [0.15, 0.2) is 41.5 Å². The number of hydrogen-bond donors (Lipinski definition) is 1. The summed E-state index contributed by atoms with van der Waals surface area (Å²) in [6.07, 6.45) is 1.39. The van der Waals surface area contributed by atoms with Gasteiger partial charge in [0.15, 0.2) is 0 Å². The average Bonchev–Trinajstić information content (AvgIpc) is 3.09. The van der Waals surface area contributed by atoms with Crippen molar-refractivity contribution in [1.82, 2.24) is 19.8 Å². The van der Waals surface area contributed by atoms with Crippen molar-refractivity contribution in [2.45, 2.75) is 40.3 Å². The SMILES string of the molecule is CCN(CC)C(=O)Cn1cnc2sc(C(=O)N[C@@H](C)c3ccccc3)c(C)c2c1=O. The van der Waals surface area contributed by atoms with Crippen LogP contribution < -0.4 is 10.9 Å². The van der Waals surface area contributed by atoms with Crippen LogP contribution in [-0.2, 0) is 11.3 Å². The van der Waals surface area contributed by atoms with Crippen molar-refractivity contribution < 1.29 is 9.59 Å². The van der Waals surface area contributed by atoms with Crippen molar-refractivity contribution in [3.63, 3.8) is 0 Å². The largest absolute Gasteiger partial charge is 0.345 e. The van der Waals surface area contributed by atoms with Gasteiger partial charge in [-0.05, 0) is 38.8 Å². The highest BCUT2D eigenvalue weighted by Crippen LogP contribution is 2.27. The summed E-state index contributed by atoms with van der Waals surface area (Å²) in [5.74, 6) is -0.372. The highest BCUT2D eigenvalue weighted by molar-refractivity contribution is 7.20. The minimum absolute atomic E-state index is 0.0642. The highest BCUT2D eigenvalue weighted by atomic mass is 32.1. The molecule has 0 spiro atoms. The molecule has 2 heterocycles. The third-order valence-electron chi connectivity index (χ3n) is 5.19. The van der Waals surface area contributed by atoms with Crippen LogP contribution in [0.5, 0.6) is 0 Å². The number of benzene rings is 1. The van der Waals surface area contributed by atoms with Gasteiger partial charge in [-0.15, -0.1) is 11.3 Å². The van der Waals surface area contributed by atoms with Gasteiger partial charge in [0, 0.05) is 13.1 Å². The molecule has 2 amide bonds. The van der Waals surface area contributed by atoms with Gasteiger partial charge in [0.25, 0.3) is 11.5 Å². The number of aromatic nitrogens is 2. The summed E-state index contributed by atoms with van der Waals surface area (Å²) < 4.78 is 1.32. The maximum absolute atomic E-state index is 13.0. The van der Waals surface area contributed by atoms with Gasteiger partial charge in [0.1, 0.15) is 11.4 Å². The molecule has 0 fully saturated rings. The van der Waals surface area contributed by atoms with E-state index in [1.54, 1.807) is 11.8 Å². The summed E-state index contributed by atoms with van der Waals surface area (Å²) in [4.78, 5) is 45.2. The van der Waals surface area contributed by atoms with Crippen LogP contribution in [0.3, 0.4) is 0 Å². The Kier molecular flexibility index (Phi) is 6.66. The number of amides is 2. The third kappa shape index (κ3) is 4.28. The number of thiophene rings is 1. The van der Waals surface area contributed by atoms with Crippen molar-refractivity contribution >= 4 is 33.4 Å². The van der Waals surface area contributed by atoms with Gasteiger partial charge in [-0.3, -0.25) is 19.0 Å². The number of carbonyl (C=O) groups excluding carboxylic acids is 2. The lowest BCUT2D eigenvalue weighted by molar-refractivity contribution is -0.131. The van der Waals surface area contributed by atoms with Gasteiger partial charge in [-0.1, -0.05) is 30.3 Å². The minimum atomic E-state index is -0.301. The quantitative estimate of drug-likeness (QED) is 0.629. The Morgan fingerprint density at radius 3 is 2.50 bits per heavy atom. The number of hydrogen-bond acceptors (Lipinski definition) is 5. The molecule has 0 saturated heterocycles. The molecule has 0 bridgehead atoms. The van der Waals surface area contributed by atoms with Crippen molar-refractivity contribution in [2.75, 3.05) is 13.1 Å². The Hall–Kier alpha value is -3.00. The van der Waals surface area contributed by atoms with E-state index in [0.717, 1.165) is 5.56 Å². The molecule has 1 atom stereocenters. The fourth-order valence-electron chi connectivity index (χ4n) is 3.40. The fraction of sp³-hybridized carbons (Fsp3) is 0.364. The lowest BCUT2D eigenvalue weighted by atomic mass is 10.1. The maximum Gasteiger partial charge on any atom is 0.262 e. The van der Waals surface area contributed by atoms with E-state index in [9.17, 15) is 14.4 Å². The molecule has 3 aromatic rings. The second-order valence-electron chi connectivity index (χ2n) is 7.09. The van der Waals surface area contributed by atoms with E-state index in [4.69, 9.17) is 0 Å². The van der Waals surface area contributed by atoms with Gasteiger partial charge in [-0.25, -0.2) is 4.98 Å².